The van der Waals surface area contributed by atoms with Gasteiger partial charge >= 0.3 is 5.97 Å². The molecule has 0 aliphatic carbocycles. The molecule has 4 nitrogen and oxygen atoms in total. The highest BCUT2D eigenvalue weighted by molar-refractivity contribution is 5.73. The van der Waals surface area contributed by atoms with Gasteiger partial charge in [0.1, 0.15) is 5.75 Å². The Morgan fingerprint density at radius 2 is 2.21 bits per heavy atom. The molecule has 2 atom stereocenters. The van der Waals surface area contributed by atoms with E-state index in [1.54, 1.807) is 12.1 Å². The highest BCUT2D eigenvalue weighted by Crippen LogP contribution is 2.32. The van der Waals surface area contributed by atoms with Gasteiger partial charge in [0, 0.05) is 18.0 Å². The van der Waals surface area contributed by atoms with Gasteiger partial charge in [-0.1, -0.05) is 18.2 Å². The quantitative estimate of drug-likeness (QED) is 0.695. The van der Waals surface area contributed by atoms with Crippen molar-refractivity contribution >= 4 is 5.97 Å². The number of carboxylic acids is 1. The smallest absolute Gasteiger partial charge is 0.344 e. The van der Waals surface area contributed by atoms with E-state index in [0.717, 1.165) is 5.56 Å². The Hall–Kier alpha value is -1.55. The summed E-state index contributed by atoms with van der Waals surface area (Å²) in [6, 6.07) is 7.02. The molecule has 0 amide bonds. The summed E-state index contributed by atoms with van der Waals surface area (Å²) in [5.74, 6) is -0.381. The molecule has 0 fully saturated rings. The summed E-state index contributed by atoms with van der Waals surface area (Å²) in [6.07, 6.45) is -0.494. The van der Waals surface area contributed by atoms with Gasteiger partial charge in [-0.15, -0.1) is 0 Å². The third kappa shape index (κ3) is 1.44. The van der Waals surface area contributed by atoms with Crippen LogP contribution in [0.2, 0.25) is 0 Å². The predicted octanol–water partition coefficient (Wildman–Crippen LogP) is 0.922. The highest BCUT2D eigenvalue weighted by Gasteiger charge is 2.30. The molecule has 4 heteroatoms. The van der Waals surface area contributed by atoms with Gasteiger partial charge in [0.2, 0.25) is 0 Å². The number of benzene rings is 1. The van der Waals surface area contributed by atoms with Gasteiger partial charge in [0.15, 0.2) is 6.10 Å². The number of fused-ring (bicyclic) bond motifs is 1. The molecular formula is C10H11NO3. The van der Waals surface area contributed by atoms with Crippen LogP contribution in [0.5, 0.6) is 5.75 Å². The minimum absolute atomic E-state index is 0.249. The lowest BCUT2D eigenvalue weighted by molar-refractivity contribution is -0.146. The Labute approximate surface area is 81.3 Å². The molecule has 1 heterocycles. The summed E-state index contributed by atoms with van der Waals surface area (Å²) < 4.78 is 5.28. The second-order valence-electron chi connectivity index (χ2n) is 3.32. The number of carbonyl (C=O) groups is 1. The molecule has 0 radical (unpaired) electrons. The molecule has 14 heavy (non-hydrogen) atoms. The van der Waals surface area contributed by atoms with Crippen molar-refractivity contribution in [3.63, 3.8) is 0 Å². The van der Waals surface area contributed by atoms with Crippen molar-refractivity contribution < 1.29 is 14.6 Å². The summed E-state index contributed by atoms with van der Waals surface area (Å²) in [4.78, 5) is 10.7. The first-order chi connectivity index (χ1) is 6.68. The van der Waals surface area contributed by atoms with E-state index >= 15 is 0 Å². The summed E-state index contributed by atoms with van der Waals surface area (Å²) in [5, 5.41) is 8.80. The molecule has 2 unspecified atom stereocenters. The van der Waals surface area contributed by atoms with E-state index in [1.807, 2.05) is 12.1 Å². The minimum atomic E-state index is -0.963. The molecule has 1 aromatic carbocycles. The lowest BCUT2D eigenvalue weighted by atomic mass is 9.97. The first-order valence-corrected chi connectivity index (χ1v) is 4.42. The second kappa shape index (κ2) is 3.31. The van der Waals surface area contributed by atoms with Crippen LogP contribution in [0.1, 0.15) is 18.0 Å². The lowest BCUT2D eigenvalue weighted by Gasteiger charge is -2.27. The Bertz CT molecular complexity index is 364. The fraction of sp³-hybridized carbons (Fsp3) is 0.300. The van der Waals surface area contributed by atoms with Crippen molar-refractivity contribution in [3.8, 4) is 5.75 Å². The number of rotatable bonds is 1. The molecule has 0 saturated carbocycles. The highest BCUT2D eigenvalue weighted by atomic mass is 16.5. The van der Waals surface area contributed by atoms with Gasteiger partial charge in [-0.25, -0.2) is 4.79 Å². The van der Waals surface area contributed by atoms with Gasteiger partial charge in [-0.2, -0.15) is 0 Å². The molecule has 0 bridgehead atoms. The largest absolute Gasteiger partial charge is 0.479 e. The fourth-order valence-corrected chi connectivity index (χ4v) is 1.60. The van der Waals surface area contributed by atoms with E-state index < -0.39 is 12.1 Å². The van der Waals surface area contributed by atoms with Crippen LogP contribution in [-0.2, 0) is 4.79 Å². The average molecular weight is 193 g/mol. The molecule has 1 aromatic rings. The summed E-state index contributed by atoms with van der Waals surface area (Å²) in [5.41, 5.74) is 6.71. The van der Waals surface area contributed by atoms with E-state index in [9.17, 15) is 4.79 Å². The Kier molecular flexibility index (Phi) is 2.13. The van der Waals surface area contributed by atoms with Gasteiger partial charge in [-0.05, 0) is 6.07 Å². The van der Waals surface area contributed by atoms with Crippen molar-refractivity contribution in [3.05, 3.63) is 29.8 Å². The summed E-state index contributed by atoms with van der Waals surface area (Å²) >= 11 is 0. The SMILES string of the molecule is NC1CC(C(=O)O)Oc2ccccc21. The zero-order chi connectivity index (χ0) is 10.1. The van der Waals surface area contributed by atoms with Crippen LogP contribution in [0.4, 0.5) is 0 Å². The number of carboxylic acid groups (broad SMARTS) is 1. The maximum Gasteiger partial charge on any atom is 0.344 e. The summed E-state index contributed by atoms with van der Waals surface area (Å²) in [6.45, 7) is 0. The maximum absolute atomic E-state index is 10.7. The van der Waals surface area contributed by atoms with E-state index in [2.05, 4.69) is 0 Å². The van der Waals surface area contributed by atoms with Gasteiger partial charge in [-0.3, -0.25) is 0 Å². The van der Waals surface area contributed by atoms with Crippen molar-refractivity contribution in [2.24, 2.45) is 5.73 Å². The van der Waals surface area contributed by atoms with Crippen LogP contribution in [-0.4, -0.2) is 17.2 Å². The molecular weight excluding hydrogens is 182 g/mol. The molecule has 3 N–H and O–H groups in total. The van der Waals surface area contributed by atoms with Crippen LogP contribution in [0.15, 0.2) is 24.3 Å². The van der Waals surface area contributed by atoms with Crippen LogP contribution in [0.3, 0.4) is 0 Å². The number of aliphatic carboxylic acids is 1. The van der Waals surface area contributed by atoms with Crippen molar-refractivity contribution in [1.82, 2.24) is 0 Å². The van der Waals surface area contributed by atoms with Crippen LogP contribution in [0.25, 0.3) is 0 Å². The first kappa shape index (κ1) is 9.02. The monoisotopic (exact) mass is 193 g/mol. The van der Waals surface area contributed by atoms with E-state index in [4.69, 9.17) is 15.6 Å². The zero-order valence-electron chi connectivity index (χ0n) is 7.51. The number of nitrogens with two attached hydrogens (primary N) is 1. The molecule has 2 rings (SSSR count). The fourth-order valence-electron chi connectivity index (χ4n) is 1.60. The normalized spacial score (nSPS) is 24.9. The van der Waals surface area contributed by atoms with Crippen molar-refractivity contribution in [1.29, 1.82) is 0 Å². The standard InChI is InChI=1S/C10H11NO3/c11-7-5-9(10(12)13)14-8-4-2-1-3-6(7)8/h1-4,7,9H,5,11H2,(H,12,13). The van der Waals surface area contributed by atoms with E-state index in [-0.39, 0.29) is 6.04 Å². The molecule has 0 aromatic heterocycles. The molecule has 1 aliphatic rings. The van der Waals surface area contributed by atoms with E-state index in [1.165, 1.54) is 0 Å². The molecule has 74 valence electrons. The number of hydrogen-bond donors (Lipinski definition) is 2. The zero-order valence-corrected chi connectivity index (χ0v) is 7.51. The number of para-hydroxylation sites is 1. The van der Waals surface area contributed by atoms with Crippen LogP contribution < -0.4 is 10.5 Å². The van der Waals surface area contributed by atoms with Gasteiger partial charge in [0.05, 0.1) is 0 Å². The third-order valence-corrected chi connectivity index (χ3v) is 2.33. The third-order valence-electron chi connectivity index (χ3n) is 2.33. The van der Waals surface area contributed by atoms with E-state index in [0.29, 0.717) is 12.2 Å². The first-order valence-electron chi connectivity index (χ1n) is 4.42. The second-order valence-corrected chi connectivity index (χ2v) is 3.32. The number of ether oxygens (including phenoxy) is 1. The predicted molar refractivity (Wildman–Crippen MR) is 50.0 cm³/mol. The summed E-state index contributed by atoms with van der Waals surface area (Å²) in [7, 11) is 0. The molecule has 1 aliphatic heterocycles. The van der Waals surface area contributed by atoms with Crippen LogP contribution in [0, 0.1) is 0 Å². The Morgan fingerprint density at radius 3 is 2.93 bits per heavy atom. The average Bonchev–Trinajstić information content (AvgIpc) is 2.17. The van der Waals surface area contributed by atoms with Gasteiger partial charge < -0.3 is 15.6 Å². The Balaban J connectivity index is 2.33. The maximum atomic E-state index is 10.7. The molecule has 0 saturated heterocycles. The topological polar surface area (TPSA) is 72.6 Å². The Morgan fingerprint density at radius 1 is 1.50 bits per heavy atom. The lowest BCUT2D eigenvalue weighted by Crippen LogP contribution is -2.35. The van der Waals surface area contributed by atoms with Crippen molar-refractivity contribution in [2.45, 2.75) is 18.6 Å². The number of hydrogen-bond acceptors (Lipinski definition) is 3. The molecule has 0 spiro atoms. The minimum Gasteiger partial charge on any atom is -0.479 e. The van der Waals surface area contributed by atoms with Crippen molar-refractivity contribution in [2.75, 3.05) is 0 Å². The van der Waals surface area contributed by atoms with Gasteiger partial charge in [0.25, 0.3) is 0 Å². The van der Waals surface area contributed by atoms with Crippen LogP contribution >= 0.6 is 0 Å².